The van der Waals surface area contributed by atoms with Gasteiger partial charge in [0.25, 0.3) is 5.91 Å². The van der Waals surface area contributed by atoms with E-state index >= 15 is 0 Å². The maximum atomic E-state index is 12.6. The summed E-state index contributed by atoms with van der Waals surface area (Å²) in [6, 6.07) is 11.7. The number of nitrogens with zero attached hydrogens (tertiary/aromatic N) is 2. The Morgan fingerprint density at radius 2 is 1.84 bits per heavy atom. The summed E-state index contributed by atoms with van der Waals surface area (Å²) in [5.41, 5.74) is 2.21. The van der Waals surface area contributed by atoms with Crippen LogP contribution in [0.2, 0.25) is 0 Å². The Morgan fingerprint density at radius 3 is 2.60 bits per heavy atom. The lowest BCUT2D eigenvalue weighted by Crippen LogP contribution is -2.30. The van der Waals surface area contributed by atoms with E-state index in [4.69, 9.17) is 0 Å². The minimum Gasteiger partial charge on any atom is -0.351 e. The van der Waals surface area contributed by atoms with E-state index in [0.29, 0.717) is 11.7 Å². The fraction of sp³-hybridized carbons (Fsp3) is 0.300. The Labute approximate surface area is 146 Å². The Balaban J connectivity index is 1.50. The van der Waals surface area contributed by atoms with Gasteiger partial charge >= 0.3 is 6.03 Å². The van der Waals surface area contributed by atoms with Gasteiger partial charge in [0.15, 0.2) is 0 Å². The van der Waals surface area contributed by atoms with E-state index in [9.17, 15) is 9.59 Å². The molecule has 4 rings (SSSR count). The van der Waals surface area contributed by atoms with Crippen molar-refractivity contribution < 1.29 is 9.59 Å². The van der Waals surface area contributed by atoms with Crippen molar-refractivity contribution in [2.75, 3.05) is 0 Å². The van der Waals surface area contributed by atoms with E-state index in [1.165, 1.54) is 30.6 Å². The number of amides is 3. The Bertz CT molecular complexity index is 816. The third-order valence-corrected chi connectivity index (χ3v) is 4.94. The normalized spacial score (nSPS) is 19.8. The maximum absolute atomic E-state index is 12.6. The van der Waals surface area contributed by atoms with Gasteiger partial charge in [-0.05, 0) is 36.1 Å². The van der Waals surface area contributed by atoms with Crippen molar-refractivity contribution in [2.24, 2.45) is 0 Å². The van der Waals surface area contributed by atoms with Crippen LogP contribution in [-0.4, -0.2) is 21.4 Å². The minimum absolute atomic E-state index is 0.275. The van der Waals surface area contributed by atoms with E-state index in [2.05, 4.69) is 22.3 Å². The first kappa shape index (κ1) is 15.7. The van der Waals surface area contributed by atoms with Crippen molar-refractivity contribution in [3.05, 3.63) is 65.6 Å². The van der Waals surface area contributed by atoms with Gasteiger partial charge in [0.1, 0.15) is 5.70 Å². The first-order chi connectivity index (χ1) is 12.2. The molecule has 1 aromatic carbocycles. The van der Waals surface area contributed by atoms with Crippen LogP contribution in [-0.2, 0) is 11.3 Å². The lowest BCUT2D eigenvalue weighted by molar-refractivity contribution is -0.123. The van der Waals surface area contributed by atoms with Crippen LogP contribution < -0.4 is 5.32 Å². The maximum Gasteiger partial charge on any atom is 0.329 e. The third-order valence-electron chi connectivity index (χ3n) is 4.94. The number of nitrogens with one attached hydrogen (secondary N) is 1. The number of urea groups is 1. The highest BCUT2D eigenvalue weighted by Gasteiger charge is 2.33. The summed E-state index contributed by atoms with van der Waals surface area (Å²) >= 11 is 0. The van der Waals surface area contributed by atoms with Crippen molar-refractivity contribution in [3.63, 3.8) is 0 Å². The molecule has 1 aromatic heterocycles. The molecule has 0 bridgehead atoms. The van der Waals surface area contributed by atoms with E-state index in [-0.39, 0.29) is 18.5 Å². The van der Waals surface area contributed by atoms with Gasteiger partial charge in [0.05, 0.1) is 6.54 Å². The number of aromatic nitrogens is 1. The van der Waals surface area contributed by atoms with Gasteiger partial charge in [0.2, 0.25) is 0 Å². The molecule has 3 amide bonds. The monoisotopic (exact) mass is 335 g/mol. The highest BCUT2D eigenvalue weighted by molar-refractivity contribution is 6.13. The molecule has 2 aromatic rings. The van der Waals surface area contributed by atoms with Crippen molar-refractivity contribution in [1.82, 2.24) is 14.8 Å². The van der Waals surface area contributed by atoms with Gasteiger partial charge in [-0.2, -0.15) is 0 Å². The van der Waals surface area contributed by atoms with E-state index in [0.717, 1.165) is 11.1 Å². The van der Waals surface area contributed by atoms with Crippen molar-refractivity contribution in [3.8, 4) is 0 Å². The van der Waals surface area contributed by atoms with Crippen molar-refractivity contribution in [2.45, 2.75) is 38.3 Å². The van der Waals surface area contributed by atoms with Crippen molar-refractivity contribution in [1.29, 1.82) is 0 Å². The quantitative estimate of drug-likeness (QED) is 0.684. The van der Waals surface area contributed by atoms with E-state index < -0.39 is 0 Å². The largest absolute Gasteiger partial charge is 0.351 e. The van der Waals surface area contributed by atoms with Crippen LogP contribution in [0.5, 0.6) is 0 Å². The molecule has 5 heteroatoms. The fourth-order valence-corrected chi connectivity index (χ4v) is 3.59. The smallest absolute Gasteiger partial charge is 0.329 e. The van der Waals surface area contributed by atoms with Crippen LogP contribution in [0.15, 0.2) is 54.5 Å². The SMILES string of the molecule is O=C1N/C(=C/c2ccn(C3CCCC3)c2)C(=O)N1Cc1ccccc1. The van der Waals surface area contributed by atoms with Gasteiger partial charge in [-0.15, -0.1) is 0 Å². The number of carbonyl (C=O) groups excluding carboxylic acids is 2. The zero-order chi connectivity index (χ0) is 17.2. The van der Waals surface area contributed by atoms with E-state index in [1.54, 1.807) is 6.08 Å². The molecule has 1 N–H and O–H groups in total. The van der Waals surface area contributed by atoms with Crippen LogP contribution in [0.1, 0.15) is 42.9 Å². The number of benzene rings is 1. The van der Waals surface area contributed by atoms with Crippen LogP contribution in [0, 0.1) is 0 Å². The molecule has 1 aliphatic heterocycles. The molecule has 2 fully saturated rings. The highest BCUT2D eigenvalue weighted by Crippen LogP contribution is 2.30. The van der Waals surface area contributed by atoms with Gasteiger partial charge < -0.3 is 9.88 Å². The summed E-state index contributed by atoms with van der Waals surface area (Å²) in [6.45, 7) is 0.284. The van der Waals surface area contributed by atoms with Gasteiger partial charge in [0, 0.05) is 18.4 Å². The summed E-state index contributed by atoms with van der Waals surface area (Å²) in [4.78, 5) is 26.0. The van der Waals surface area contributed by atoms with Crippen LogP contribution in [0.4, 0.5) is 4.79 Å². The lowest BCUT2D eigenvalue weighted by Gasteiger charge is -2.11. The molecule has 1 aliphatic carbocycles. The van der Waals surface area contributed by atoms with Gasteiger partial charge in [-0.25, -0.2) is 4.79 Å². The molecule has 1 saturated heterocycles. The Morgan fingerprint density at radius 1 is 1.08 bits per heavy atom. The lowest BCUT2D eigenvalue weighted by atomic mass is 10.2. The summed E-state index contributed by atoms with van der Waals surface area (Å²) in [5, 5.41) is 2.69. The van der Waals surface area contributed by atoms with E-state index in [1.807, 2.05) is 36.4 Å². The molecule has 2 aliphatic rings. The van der Waals surface area contributed by atoms with Crippen molar-refractivity contribution >= 4 is 18.0 Å². The molecule has 2 heterocycles. The molecule has 128 valence electrons. The zero-order valence-corrected chi connectivity index (χ0v) is 14.0. The zero-order valence-electron chi connectivity index (χ0n) is 14.0. The standard InChI is InChI=1S/C20H21N3O2/c24-19-18(12-16-10-11-22(13-16)17-8-4-5-9-17)21-20(25)23(19)14-15-6-2-1-3-7-15/h1-3,6-7,10-13,17H,4-5,8-9,14H2,(H,21,25)/b18-12+. The second-order valence-corrected chi connectivity index (χ2v) is 6.70. The summed E-state index contributed by atoms with van der Waals surface area (Å²) in [7, 11) is 0. The predicted molar refractivity (Wildman–Crippen MR) is 95.4 cm³/mol. The number of imide groups is 1. The van der Waals surface area contributed by atoms with Gasteiger partial charge in [-0.3, -0.25) is 9.69 Å². The first-order valence-corrected chi connectivity index (χ1v) is 8.77. The second kappa shape index (κ2) is 6.59. The topological polar surface area (TPSA) is 54.3 Å². The number of hydrogen-bond acceptors (Lipinski definition) is 2. The molecule has 0 unspecified atom stereocenters. The fourth-order valence-electron chi connectivity index (χ4n) is 3.59. The molecular weight excluding hydrogens is 314 g/mol. The average molecular weight is 335 g/mol. The molecule has 5 nitrogen and oxygen atoms in total. The van der Waals surface area contributed by atoms with Crippen LogP contribution >= 0.6 is 0 Å². The molecule has 1 saturated carbocycles. The molecule has 0 atom stereocenters. The molecule has 0 radical (unpaired) electrons. The van der Waals surface area contributed by atoms with Crippen LogP contribution in [0.3, 0.4) is 0 Å². The average Bonchev–Trinajstić information content (AvgIpc) is 3.34. The summed E-state index contributed by atoms with van der Waals surface area (Å²) < 4.78 is 2.22. The highest BCUT2D eigenvalue weighted by atomic mass is 16.2. The minimum atomic E-state index is -0.365. The van der Waals surface area contributed by atoms with Crippen LogP contribution in [0.25, 0.3) is 6.08 Å². The number of rotatable bonds is 4. The number of hydrogen-bond donors (Lipinski definition) is 1. The summed E-state index contributed by atoms with van der Waals surface area (Å²) in [5.74, 6) is -0.275. The molecule has 0 spiro atoms. The first-order valence-electron chi connectivity index (χ1n) is 8.77. The Hall–Kier alpha value is -2.82. The molecular formula is C20H21N3O2. The number of carbonyl (C=O) groups is 2. The Kier molecular flexibility index (Phi) is 4.14. The second-order valence-electron chi connectivity index (χ2n) is 6.70. The predicted octanol–water partition coefficient (Wildman–Crippen LogP) is 3.70. The summed E-state index contributed by atoms with van der Waals surface area (Å²) in [6.07, 6.45) is 10.9. The third kappa shape index (κ3) is 3.22. The van der Waals surface area contributed by atoms with Gasteiger partial charge in [-0.1, -0.05) is 43.2 Å². The molecule has 25 heavy (non-hydrogen) atoms.